The number of guanidine groups is 3. The molecule has 0 aliphatic carbocycles. The number of aliphatic hydroxyl groups is 2. The van der Waals surface area contributed by atoms with Crippen molar-refractivity contribution in [3.63, 3.8) is 0 Å². The van der Waals surface area contributed by atoms with E-state index < -0.39 is 260 Å². The normalized spacial score (nSPS) is 14.6. The quantitative estimate of drug-likeness (QED) is 0.0108. The molecule has 0 radical (unpaired) electrons. The number of carbonyl (C=O) groups excluding carboxylic acids is 16. The van der Waals surface area contributed by atoms with Crippen molar-refractivity contribution in [2.45, 2.75) is 220 Å². The van der Waals surface area contributed by atoms with Crippen molar-refractivity contribution in [2.24, 2.45) is 40.1 Å². The number of carbonyl (C=O) groups is 18. The monoisotopic (exact) mass is 1870 g/mol. The highest BCUT2D eigenvalue weighted by molar-refractivity contribution is 7.80. The van der Waals surface area contributed by atoms with Crippen LogP contribution in [-0.4, -0.2) is 300 Å². The van der Waals surface area contributed by atoms with E-state index in [0.717, 1.165) is 20.8 Å². The minimum atomic E-state index is -2.01. The summed E-state index contributed by atoms with van der Waals surface area (Å²) < 4.78 is 0. The SMILES string of the molecule is C[C@H](NC(=O)[C@H](CCCNC(=N)N)NC(=O)[C@H](CO)NC(=O)[C@H](Cc1ccc(O)cc1)NC(=O)[C@H](C)NC(=O)[C@H](Cc1cnc[nH]1)NC(=O)[C@H](CCC(=O)O)NC(=O)[C@H](CCCNC(=N)N)NC(=O)[C@@H](N)CS)C(=O)N[C@@H](CCCNC(=N)N)C(=O)N[C@H](C(=O)N[C@@H](CCCCN)C(=O)N[C@@H](CC(N)=O)C(=O)N[C@@H](CC(N)=O)C(=O)N[C@@H](Cc1ccc(O)cc1)C(=O)O)[C@@H](C)O. The van der Waals surface area contributed by atoms with Crippen LogP contribution in [0.4, 0.5) is 0 Å². The molecule has 0 bridgehead atoms. The highest BCUT2D eigenvalue weighted by Gasteiger charge is 2.40. The van der Waals surface area contributed by atoms with E-state index >= 15 is 0 Å². The van der Waals surface area contributed by atoms with Crippen LogP contribution in [-0.2, 0) is 106 Å². The van der Waals surface area contributed by atoms with Gasteiger partial charge >= 0.3 is 11.9 Å². The zero-order valence-corrected chi connectivity index (χ0v) is 72.9. The number of aromatic nitrogens is 2. The lowest BCUT2D eigenvalue weighted by atomic mass is 10.0. The first-order valence-corrected chi connectivity index (χ1v) is 41.8. The van der Waals surface area contributed by atoms with E-state index in [2.05, 4.69) is 113 Å². The molecule has 0 spiro atoms. The summed E-state index contributed by atoms with van der Waals surface area (Å²) >= 11 is 4.02. The van der Waals surface area contributed by atoms with Crippen LogP contribution < -0.4 is 131 Å². The maximum atomic E-state index is 14.5. The number of imidazole rings is 1. The Morgan fingerprint density at radius 1 is 0.412 bits per heavy atom. The Bertz CT molecular complexity index is 4420. The van der Waals surface area contributed by atoms with Gasteiger partial charge in [-0.25, -0.2) is 9.78 Å². The lowest BCUT2D eigenvalue weighted by molar-refractivity contribution is -0.142. The molecule has 16 atom stereocenters. The molecule has 724 valence electrons. The minimum absolute atomic E-state index is 0.0520. The fourth-order valence-corrected chi connectivity index (χ4v) is 12.4. The average Bonchev–Trinajstić information content (AvgIpc) is 1.75. The Balaban J connectivity index is 1.93. The highest BCUT2D eigenvalue weighted by Crippen LogP contribution is 2.17. The number of H-pyrrole nitrogens is 1. The van der Waals surface area contributed by atoms with Gasteiger partial charge in [-0.3, -0.25) is 97.7 Å². The largest absolute Gasteiger partial charge is 0.508 e. The molecule has 41 N–H and O–H groups in total. The lowest BCUT2D eigenvalue weighted by Gasteiger charge is -2.28. The summed E-state index contributed by atoms with van der Waals surface area (Å²) in [6, 6.07) is -15.3. The number of nitrogens with one attached hydrogen (secondary N) is 21. The zero-order valence-electron chi connectivity index (χ0n) is 72.0. The summed E-state index contributed by atoms with van der Waals surface area (Å²) in [6.07, 6.45) is -4.56. The van der Waals surface area contributed by atoms with Crippen molar-refractivity contribution in [1.82, 2.24) is 100 Å². The number of rotatable bonds is 61. The van der Waals surface area contributed by atoms with Gasteiger partial charge in [0.25, 0.3) is 0 Å². The Morgan fingerprint density at radius 2 is 0.740 bits per heavy atom. The molecule has 53 nitrogen and oxygen atoms in total. The molecule has 131 heavy (non-hydrogen) atoms. The van der Waals surface area contributed by atoms with Gasteiger partial charge < -0.3 is 166 Å². The number of phenols is 2. The number of carboxylic acid groups (broad SMARTS) is 2. The number of aliphatic hydroxyl groups excluding tert-OH is 2. The third-order valence-electron chi connectivity index (χ3n) is 19.3. The second kappa shape index (κ2) is 57.5. The minimum Gasteiger partial charge on any atom is -0.508 e. The number of thiol groups is 1. The summed E-state index contributed by atoms with van der Waals surface area (Å²) in [4.78, 5) is 253. The molecule has 2 aromatic carbocycles. The number of aromatic hydroxyl groups is 2. The van der Waals surface area contributed by atoms with Gasteiger partial charge in [0.15, 0.2) is 17.9 Å². The molecule has 0 saturated heterocycles. The first kappa shape index (κ1) is 111. The molecule has 0 aliphatic heterocycles. The number of hydrogen-bond donors (Lipinski definition) is 35. The molecule has 3 rings (SSSR count). The second-order valence-electron chi connectivity index (χ2n) is 30.2. The molecule has 0 aliphatic rings. The van der Waals surface area contributed by atoms with Crippen molar-refractivity contribution in [1.29, 1.82) is 16.2 Å². The van der Waals surface area contributed by atoms with Gasteiger partial charge in [0, 0.05) is 63.0 Å². The number of phenolic OH excluding ortho intramolecular Hbond substituents is 2. The molecular formula is C77H121N29O24S. The Morgan fingerprint density at radius 3 is 1.13 bits per heavy atom. The summed E-state index contributed by atoms with van der Waals surface area (Å²) in [7, 11) is 0. The maximum Gasteiger partial charge on any atom is 0.326 e. The number of nitrogens with two attached hydrogens (primary N) is 7. The molecule has 0 fully saturated rings. The molecule has 0 saturated carbocycles. The van der Waals surface area contributed by atoms with E-state index in [0.29, 0.717) is 5.56 Å². The number of amides is 16. The van der Waals surface area contributed by atoms with Gasteiger partial charge in [-0.1, -0.05) is 24.3 Å². The smallest absolute Gasteiger partial charge is 0.326 e. The third kappa shape index (κ3) is 42.5. The van der Waals surface area contributed by atoms with Crippen molar-refractivity contribution in [3.05, 3.63) is 77.9 Å². The van der Waals surface area contributed by atoms with Crippen LogP contribution in [0.25, 0.3) is 0 Å². The molecule has 3 aromatic rings. The van der Waals surface area contributed by atoms with E-state index in [1.54, 1.807) is 0 Å². The van der Waals surface area contributed by atoms with Crippen LogP contribution in [0.15, 0.2) is 61.1 Å². The number of unbranched alkanes of at least 4 members (excludes halogenated alkanes) is 1. The predicted molar refractivity (Wildman–Crippen MR) is 467 cm³/mol. The van der Waals surface area contributed by atoms with Crippen LogP contribution >= 0.6 is 12.6 Å². The molecule has 1 heterocycles. The standard InChI is InChI=1S/C77H121N29O24S/c1-36(60(115)95-48(12-8-26-91-77(86)87)67(122)106-59(38(3)108)73(128)99-45(9-4-5-23-78)65(120)102-52(30-56(80)111)70(125)103-53(31-57(81)112)71(126)104-54(74(129)130)28-40-15-19-43(110)20-16-40)93-63(118)46(10-6-24-89-75(82)83)97-72(127)55(33-107)105-69(124)50(27-39-13-17-42(109)18-14-39)100-61(116)37(2)94-68(123)51(29-41-32-88-35-92-41)101-66(121)49(21-22-58(113)114)98-64(119)47(11-7-25-90-76(84)85)96-62(117)44(79)34-131/h13-20,32,35-38,44-55,59,107-110,131H,4-12,21-31,33-34,78-79H2,1-3H3,(H2,80,111)(H2,81,112)(H,88,92)(H,93,118)(H,94,123)(H,95,115)(H,96,117)(H,97,127)(H,98,119)(H,99,128)(H,100,116)(H,101,121)(H,102,120)(H,103,125)(H,104,126)(H,105,124)(H,106,122)(H,113,114)(H,129,130)(H4,82,83,89)(H4,84,85,90)(H4,86,87,91)/t36-,37-,38+,44-,45-,46-,47-,48-,49-,50-,51-,52-,53-,54-,55-,59-/m0/s1. The van der Waals surface area contributed by atoms with E-state index in [-0.39, 0.29) is 125 Å². The average molecular weight is 1870 g/mol. The zero-order chi connectivity index (χ0) is 98.3. The van der Waals surface area contributed by atoms with E-state index in [1.165, 1.54) is 61.1 Å². The fraction of sp³-hybridized carbons (Fsp3) is 0.532. The summed E-state index contributed by atoms with van der Waals surface area (Å²) in [6.45, 7) is 2.04. The predicted octanol–water partition coefficient (Wildman–Crippen LogP) is -12.1. The van der Waals surface area contributed by atoms with Crippen LogP contribution in [0.5, 0.6) is 11.5 Å². The number of hydrogen-bond acceptors (Lipinski definition) is 29. The number of aromatic amines is 1. The van der Waals surface area contributed by atoms with Crippen molar-refractivity contribution in [3.8, 4) is 11.5 Å². The Labute approximate surface area is 755 Å². The summed E-state index contributed by atoms with van der Waals surface area (Å²) in [5.74, 6) is -23.4. The first-order valence-electron chi connectivity index (χ1n) is 41.1. The molecule has 54 heteroatoms. The third-order valence-corrected chi connectivity index (χ3v) is 19.7. The van der Waals surface area contributed by atoms with Crippen molar-refractivity contribution >= 4 is 137 Å². The van der Waals surface area contributed by atoms with E-state index in [1.807, 2.05) is 0 Å². The van der Waals surface area contributed by atoms with Gasteiger partial charge in [-0.05, 0) is 127 Å². The topological polar surface area (TPSA) is 916 Å². The fourth-order valence-electron chi connectivity index (χ4n) is 12.2. The van der Waals surface area contributed by atoms with Gasteiger partial charge in [-0.2, -0.15) is 12.6 Å². The van der Waals surface area contributed by atoms with Crippen molar-refractivity contribution in [2.75, 3.05) is 38.5 Å². The van der Waals surface area contributed by atoms with Gasteiger partial charge in [0.2, 0.25) is 94.5 Å². The van der Waals surface area contributed by atoms with E-state index in [4.69, 9.17) is 56.4 Å². The van der Waals surface area contributed by atoms with Gasteiger partial charge in [-0.15, -0.1) is 0 Å². The summed E-state index contributed by atoms with van der Waals surface area (Å²) in [5.41, 5.74) is 39.6. The molecule has 1 aromatic heterocycles. The van der Waals surface area contributed by atoms with Crippen LogP contribution in [0.3, 0.4) is 0 Å². The number of carboxylic acids is 2. The van der Waals surface area contributed by atoms with Gasteiger partial charge in [0.05, 0.1) is 37.9 Å². The number of aliphatic carboxylic acids is 2. The highest BCUT2D eigenvalue weighted by atomic mass is 32.1. The summed E-state index contributed by atoms with van der Waals surface area (Å²) in [5, 5.41) is 124. The first-order chi connectivity index (χ1) is 61.7. The molecular weight excluding hydrogens is 1750 g/mol. The van der Waals surface area contributed by atoms with Crippen molar-refractivity contribution < 1.29 is 117 Å². The lowest BCUT2D eigenvalue weighted by Crippen LogP contribution is -2.62. The number of benzene rings is 2. The number of primary amides is 2. The number of nitrogens with zero attached hydrogens (tertiary/aromatic N) is 1. The van der Waals surface area contributed by atoms with Gasteiger partial charge in [0.1, 0.15) is 96.1 Å². The Hall–Kier alpha value is -14.3. The Kier molecular flexibility index (Phi) is 48.7. The second-order valence-corrected chi connectivity index (χ2v) is 30.6. The van der Waals surface area contributed by atoms with Crippen LogP contribution in [0, 0.1) is 16.2 Å². The molecule has 0 unspecified atom stereocenters. The van der Waals surface area contributed by atoms with Crippen LogP contribution in [0.1, 0.15) is 121 Å². The van der Waals surface area contributed by atoms with E-state index in [9.17, 15) is 117 Å². The maximum absolute atomic E-state index is 14.5. The van der Waals surface area contributed by atoms with Crippen LogP contribution in [0.2, 0.25) is 0 Å². The molecule has 16 amide bonds.